The summed E-state index contributed by atoms with van der Waals surface area (Å²) in [5.41, 5.74) is 5.46. The molecule has 5 rings (SSSR count). The van der Waals surface area contributed by atoms with Gasteiger partial charge in [0, 0.05) is 22.8 Å². The molecule has 1 aromatic heterocycles. The van der Waals surface area contributed by atoms with Gasteiger partial charge in [0.05, 0.1) is 17.4 Å². The molecule has 7 heteroatoms. The number of benzene rings is 1. The molecule has 134 valence electrons. The SMILES string of the molecule is O=C1NC2=CC(=NC(=O)c3ccc4nsnc4c3)C=CC2C2=C1CCCC2. The highest BCUT2D eigenvalue weighted by molar-refractivity contribution is 7.00. The number of rotatable bonds is 1. The molecule has 27 heavy (non-hydrogen) atoms. The Kier molecular flexibility index (Phi) is 3.82. The molecule has 0 saturated heterocycles. The molecule has 0 bridgehead atoms. The molecule has 1 atom stereocenters. The lowest BCUT2D eigenvalue weighted by atomic mass is 9.77. The highest BCUT2D eigenvalue weighted by Gasteiger charge is 2.33. The summed E-state index contributed by atoms with van der Waals surface area (Å²) in [6.07, 6.45) is 9.72. The van der Waals surface area contributed by atoms with Crippen molar-refractivity contribution in [3.8, 4) is 0 Å². The van der Waals surface area contributed by atoms with Crippen molar-refractivity contribution in [1.82, 2.24) is 14.1 Å². The highest BCUT2D eigenvalue weighted by atomic mass is 32.1. The fourth-order valence-electron chi connectivity index (χ4n) is 3.92. The molecule has 0 fully saturated rings. The lowest BCUT2D eigenvalue weighted by molar-refractivity contribution is -0.117. The average Bonchev–Trinajstić information content (AvgIpc) is 3.16. The first kappa shape index (κ1) is 16.3. The largest absolute Gasteiger partial charge is 0.325 e. The van der Waals surface area contributed by atoms with E-state index in [-0.39, 0.29) is 17.7 Å². The molecule has 3 aliphatic rings. The van der Waals surface area contributed by atoms with Gasteiger partial charge in [0.15, 0.2) is 0 Å². The Labute approximate surface area is 159 Å². The molecule has 6 nitrogen and oxygen atoms in total. The van der Waals surface area contributed by atoms with Crippen molar-refractivity contribution >= 4 is 40.3 Å². The van der Waals surface area contributed by atoms with E-state index in [2.05, 4.69) is 19.1 Å². The van der Waals surface area contributed by atoms with E-state index in [1.54, 1.807) is 18.2 Å². The summed E-state index contributed by atoms with van der Waals surface area (Å²) in [6.45, 7) is 0. The van der Waals surface area contributed by atoms with Crippen molar-refractivity contribution in [3.05, 3.63) is 58.8 Å². The number of hydrogen-bond acceptors (Lipinski definition) is 5. The maximum absolute atomic E-state index is 12.5. The fraction of sp³-hybridized carbons (Fsp3) is 0.250. The van der Waals surface area contributed by atoms with Crippen LogP contribution in [-0.4, -0.2) is 26.3 Å². The Morgan fingerprint density at radius 2 is 2.04 bits per heavy atom. The van der Waals surface area contributed by atoms with Crippen LogP contribution in [0.3, 0.4) is 0 Å². The predicted molar refractivity (Wildman–Crippen MR) is 104 cm³/mol. The number of allylic oxidation sites excluding steroid dienone is 3. The number of aliphatic imine (C=N–C) groups is 1. The highest BCUT2D eigenvalue weighted by Crippen LogP contribution is 2.38. The topological polar surface area (TPSA) is 84.3 Å². The maximum Gasteiger partial charge on any atom is 0.277 e. The Balaban J connectivity index is 1.45. The first-order valence-electron chi connectivity index (χ1n) is 8.97. The Bertz CT molecular complexity index is 1110. The second kappa shape index (κ2) is 6.35. The monoisotopic (exact) mass is 376 g/mol. The zero-order chi connectivity index (χ0) is 18.4. The molecular weight excluding hydrogens is 360 g/mol. The van der Waals surface area contributed by atoms with E-state index in [0.29, 0.717) is 16.8 Å². The molecule has 2 aliphatic carbocycles. The number of nitrogens with zero attached hydrogens (tertiary/aromatic N) is 3. The van der Waals surface area contributed by atoms with Gasteiger partial charge in [-0.2, -0.15) is 8.75 Å². The van der Waals surface area contributed by atoms with Crippen LogP contribution in [0.5, 0.6) is 0 Å². The number of fused-ring (bicyclic) bond motifs is 3. The number of nitrogens with one attached hydrogen (secondary N) is 1. The molecule has 1 aromatic carbocycles. The van der Waals surface area contributed by atoms with Crippen molar-refractivity contribution < 1.29 is 9.59 Å². The predicted octanol–water partition coefficient (Wildman–Crippen LogP) is 3.34. The second-order valence-corrected chi connectivity index (χ2v) is 7.44. The first-order valence-corrected chi connectivity index (χ1v) is 9.70. The van der Waals surface area contributed by atoms with E-state index >= 15 is 0 Å². The number of carbonyl (C=O) groups excluding carboxylic acids is 2. The Morgan fingerprint density at radius 3 is 2.96 bits per heavy atom. The Morgan fingerprint density at radius 1 is 1.19 bits per heavy atom. The van der Waals surface area contributed by atoms with E-state index < -0.39 is 0 Å². The van der Waals surface area contributed by atoms with Crippen molar-refractivity contribution in [2.24, 2.45) is 10.9 Å². The van der Waals surface area contributed by atoms with Crippen LogP contribution in [0.25, 0.3) is 11.0 Å². The van der Waals surface area contributed by atoms with Gasteiger partial charge in [-0.25, -0.2) is 4.99 Å². The third-order valence-corrected chi connectivity index (χ3v) is 5.80. The van der Waals surface area contributed by atoms with Crippen LogP contribution in [0.2, 0.25) is 0 Å². The minimum Gasteiger partial charge on any atom is -0.325 e. The lowest BCUT2D eigenvalue weighted by Gasteiger charge is -2.33. The minimum absolute atomic E-state index is 0.00494. The molecule has 0 radical (unpaired) electrons. The van der Waals surface area contributed by atoms with E-state index in [4.69, 9.17) is 0 Å². The number of carbonyl (C=O) groups is 2. The molecule has 2 heterocycles. The van der Waals surface area contributed by atoms with Gasteiger partial charge in [0.1, 0.15) is 11.0 Å². The van der Waals surface area contributed by atoms with Crippen molar-refractivity contribution in [2.45, 2.75) is 25.7 Å². The number of amides is 2. The van der Waals surface area contributed by atoms with Gasteiger partial charge in [-0.15, -0.1) is 0 Å². The molecule has 0 saturated carbocycles. The van der Waals surface area contributed by atoms with Gasteiger partial charge < -0.3 is 5.32 Å². The average molecular weight is 376 g/mol. The molecule has 1 unspecified atom stereocenters. The van der Waals surface area contributed by atoms with Gasteiger partial charge in [-0.05, 0) is 61.6 Å². The minimum atomic E-state index is -0.334. The van der Waals surface area contributed by atoms with Gasteiger partial charge in [-0.3, -0.25) is 9.59 Å². The molecule has 0 spiro atoms. The van der Waals surface area contributed by atoms with Gasteiger partial charge in [-0.1, -0.05) is 6.08 Å². The maximum atomic E-state index is 12.5. The van der Waals surface area contributed by atoms with E-state index in [9.17, 15) is 9.59 Å². The summed E-state index contributed by atoms with van der Waals surface area (Å²) in [7, 11) is 0. The van der Waals surface area contributed by atoms with Crippen LogP contribution in [0.4, 0.5) is 0 Å². The quantitative estimate of drug-likeness (QED) is 0.827. The number of aromatic nitrogens is 2. The summed E-state index contributed by atoms with van der Waals surface area (Å²) < 4.78 is 8.30. The van der Waals surface area contributed by atoms with Crippen LogP contribution in [0.15, 0.2) is 58.3 Å². The number of hydrogen-bond donors (Lipinski definition) is 1. The summed E-state index contributed by atoms with van der Waals surface area (Å²) in [4.78, 5) is 29.1. The van der Waals surface area contributed by atoms with Gasteiger partial charge in [0.25, 0.3) is 11.8 Å². The van der Waals surface area contributed by atoms with Crippen LogP contribution in [-0.2, 0) is 4.79 Å². The molecule has 2 aromatic rings. The molecule has 1 N–H and O–H groups in total. The van der Waals surface area contributed by atoms with E-state index in [0.717, 1.165) is 54.2 Å². The summed E-state index contributed by atoms with van der Waals surface area (Å²) >= 11 is 1.12. The van der Waals surface area contributed by atoms with Crippen molar-refractivity contribution in [1.29, 1.82) is 0 Å². The summed E-state index contributed by atoms with van der Waals surface area (Å²) in [6, 6.07) is 5.19. The summed E-state index contributed by atoms with van der Waals surface area (Å²) in [5, 5.41) is 2.99. The third-order valence-electron chi connectivity index (χ3n) is 5.25. The van der Waals surface area contributed by atoms with Crippen LogP contribution in [0.1, 0.15) is 36.0 Å². The zero-order valence-electron chi connectivity index (χ0n) is 14.4. The van der Waals surface area contributed by atoms with Crippen LogP contribution < -0.4 is 5.32 Å². The van der Waals surface area contributed by atoms with E-state index in [1.165, 1.54) is 5.57 Å². The lowest BCUT2D eigenvalue weighted by Crippen LogP contribution is -2.37. The van der Waals surface area contributed by atoms with Gasteiger partial charge in [0.2, 0.25) is 0 Å². The zero-order valence-corrected chi connectivity index (χ0v) is 15.3. The van der Waals surface area contributed by atoms with Gasteiger partial charge >= 0.3 is 0 Å². The summed E-state index contributed by atoms with van der Waals surface area (Å²) in [5.74, 6) is -0.237. The smallest absolute Gasteiger partial charge is 0.277 e. The fourth-order valence-corrected chi connectivity index (χ4v) is 4.44. The molecular formula is C20H16N4O2S. The second-order valence-electron chi connectivity index (χ2n) is 6.91. The van der Waals surface area contributed by atoms with Crippen molar-refractivity contribution in [3.63, 3.8) is 0 Å². The third kappa shape index (κ3) is 2.84. The van der Waals surface area contributed by atoms with Crippen molar-refractivity contribution in [2.75, 3.05) is 0 Å². The van der Waals surface area contributed by atoms with Crippen LogP contribution >= 0.6 is 11.7 Å². The molecule has 1 aliphatic heterocycles. The Hall–Kier alpha value is -2.93. The van der Waals surface area contributed by atoms with Crippen LogP contribution in [0, 0.1) is 5.92 Å². The first-order chi connectivity index (χ1) is 13.2. The van der Waals surface area contributed by atoms with E-state index in [1.807, 2.05) is 18.2 Å². The normalized spacial score (nSPS) is 23.1. The standard InChI is InChI=1S/C20H16N4O2S/c25-19(11-5-8-16-18(9-11)24-27-23-16)21-12-6-7-14-13-3-1-2-4-15(13)20(26)22-17(14)10-12/h5-10,14H,1-4H2,(H,22,26). The molecule has 2 amide bonds.